The first-order valence-corrected chi connectivity index (χ1v) is 7.79. The summed E-state index contributed by atoms with van der Waals surface area (Å²) in [6, 6.07) is 0.638. The third-order valence-corrected chi connectivity index (χ3v) is 6.06. The zero-order valence-corrected chi connectivity index (χ0v) is 13.1. The van der Waals surface area contributed by atoms with Crippen molar-refractivity contribution < 1.29 is 4.79 Å². The third-order valence-electron chi connectivity index (χ3n) is 6.06. The molecule has 2 N–H and O–H groups in total. The maximum Gasteiger partial charge on any atom is 0.226 e. The fraction of sp³-hybridized carbons (Fsp3) is 0.938. The van der Waals surface area contributed by atoms with Crippen LogP contribution < -0.4 is 5.73 Å². The fourth-order valence-electron chi connectivity index (χ4n) is 3.63. The number of rotatable bonds is 3. The van der Waals surface area contributed by atoms with Gasteiger partial charge in [0.05, 0.1) is 0 Å². The van der Waals surface area contributed by atoms with Gasteiger partial charge in [0.2, 0.25) is 5.91 Å². The van der Waals surface area contributed by atoms with Crippen LogP contribution in [0, 0.1) is 23.2 Å². The second-order valence-electron chi connectivity index (χ2n) is 7.43. The fourth-order valence-corrected chi connectivity index (χ4v) is 3.63. The lowest BCUT2D eigenvalue weighted by Gasteiger charge is -2.47. The van der Waals surface area contributed by atoms with Crippen molar-refractivity contribution in [3.05, 3.63) is 0 Å². The van der Waals surface area contributed by atoms with Crippen LogP contribution in [0.2, 0.25) is 0 Å². The van der Waals surface area contributed by atoms with Crippen LogP contribution in [0.15, 0.2) is 0 Å². The molecule has 19 heavy (non-hydrogen) atoms. The molecule has 0 heterocycles. The predicted molar refractivity (Wildman–Crippen MR) is 78.6 cm³/mol. The van der Waals surface area contributed by atoms with Gasteiger partial charge in [-0.05, 0) is 49.9 Å². The summed E-state index contributed by atoms with van der Waals surface area (Å²) in [6.45, 7) is 8.83. The summed E-state index contributed by atoms with van der Waals surface area (Å²) in [7, 11) is 1.99. The van der Waals surface area contributed by atoms with Gasteiger partial charge in [-0.3, -0.25) is 4.79 Å². The quantitative estimate of drug-likeness (QED) is 0.853. The third kappa shape index (κ3) is 2.67. The van der Waals surface area contributed by atoms with E-state index < -0.39 is 0 Å². The standard InChI is InChI=1S/C16H30N2O/c1-10-14(17)9-8-13(16(10,3)4)15(19)18(5)11(2)12-6-7-12/h10-14H,6-9,17H2,1-5H3. The zero-order valence-electron chi connectivity index (χ0n) is 13.1. The van der Waals surface area contributed by atoms with E-state index in [1.165, 1.54) is 12.8 Å². The van der Waals surface area contributed by atoms with Gasteiger partial charge < -0.3 is 10.6 Å². The Morgan fingerprint density at radius 2 is 1.84 bits per heavy atom. The molecule has 0 aromatic carbocycles. The van der Waals surface area contributed by atoms with E-state index in [-0.39, 0.29) is 17.4 Å². The summed E-state index contributed by atoms with van der Waals surface area (Å²) in [6.07, 6.45) is 4.49. The summed E-state index contributed by atoms with van der Waals surface area (Å²) < 4.78 is 0. The molecule has 0 aliphatic heterocycles. The number of hydrogen-bond donors (Lipinski definition) is 1. The minimum absolute atomic E-state index is 0.00623. The first-order valence-electron chi connectivity index (χ1n) is 7.79. The monoisotopic (exact) mass is 266 g/mol. The molecule has 4 atom stereocenters. The van der Waals surface area contributed by atoms with Crippen molar-refractivity contribution in [1.82, 2.24) is 4.90 Å². The Morgan fingerprint density at radius 1 is 1.26 bits per heavy atom. The number of nitrogens with two attached hydrogens (primary N) is 1. The first-order chi connectivity index (χ1) is 8.76. The van der Waals surface area contributed by atoms with Crippen LogP contribution in [0.1, 0.15) is 53.4 Å². The van der Waals surface area contributed by atoms with Crippen LogP contribution in [0.5, 0.6) is 0 Å². The van der Waals surface area contributed by atoms with E-state index >= 15 is 0 Å². The molecule has 2 saturated carbocycles. The Balaban J connectivity index is 2.09. The van der Waals surface area contributed by atoms with E-state index in [0.717, 1.165) is 18.8 Å². The SMILES string of the molecule is CC(C1CC1)N(C)C(=O)C1CCC(N)C(C)C1(C)C. The van der Waals surface area contributed by atoms with Crippen LogP contribution in [-0.2, 0) is 4.79 Å². The lowest BCUT2D eigenvalue weighted by atomic mass is 9.60. The number of hydrogen-bond acceptors (Lipinski definition) is 2. The van der Waals surface area contributed by atoms with Crippen molar-refractivity contribution in [3.8, 4) is 0 Å². The molecule has 4 unspecified atom stereocenters. The highest BCUT2D eigenvalue weighted by Gasteiger charge is 2.47. The maximum atomic E-state index is 12.8. The largest absolute Gasteiger partial charge is 0.343 e. The van der Waals surface area contributed by atoms with Crippen molar-refractivity contribution >= 4 is 5.91 Å². The number of carbonyl (C=O) groups is 1. The van der Waals surface area contributed by atoms with Gasteiger partial charge in [-0.2, -0.15) is 0 Å². The van der Waals surface area contributed by atoms with E-state index in [0.29, 0.717) is 17.9 Å². The van der Waals surface area contributed by atoms with Gasteiger partial charge in [0.25, 0.3) is 0 Å². The minimum atomic E-state index is 0.00623. The van der Waals surface area contributed by atoms with Crippen LogP contribution in [-0.4, -0.2) is 29.9 Å². The second kappa shape index (κ2) is 5.08. The Bertz CT molecular complexity index is 349. The molecule has 2 aliphatic rings. The molecule has 3 heteroatoms. The van der Waals surface area contributed by atoms with Crippen LogP contribution in [0.4, 0.5) is 0 Å². The highest BCUT2D eigenvalue weighted by molar-refractivity contribution is 5.80. The Hall–Kier alpha value is -0.570. The van der Waals surface area contributed by atoms with Crippen LogP contribution in [0.3, 0.4) is 0 Å². The van der Waals surface area contributed by atoms with Crippen molar-refractivity contribution in [2.24, 2.45) is 28.9 Å². The first kappa shape index (κ1) is 14.8. The lowest BCUT2D eigenvalue weighted by molar-refractivity contribution is -0.144. The van der Waals surface area contributed by atoms with Gasteiger partial charge in [0.1, 0.15) is 0 Å². The Kier molecular flexibility index (Phi) is 3.97. The lowest BCUT2D eigenvalue weighted by Crippen LogP contribution is -2.53. The summed E-state index contributed by atoms with van der Waals surface area (Å²) >= 11 is 0. The summed E-state index contributed by atoms with van der Waals surface area (Å²) in [5.74, 6) is 1.61. The van der Waals surface area contributed by atoms with Crippen molar-refractivity contribution in [2.75, 3.05) is 7.05 Å². The molecule has 1 amide bonds. The molecule has 110 valence electrons. The second-order valence-corrected chi connectivity index (χ2v) is 7.43. The van der Waals surface area contributed by atoms with Gasteiger partial charge >= 0.3 is 0 Å². The maximum absolute atomic E-state index is 12.8. The zero-order chi connectivity index (χ0) is 14.4. The highest BCUT2D eigenvalue weighted by Crippen LogP contribution is 2.45. The van der Waals surface area contributed by atoms with Crippen molar-refractivity contribution in [3.63, 3.8) is 0 Å². The molecular weight excluding hydrogens is 236 g/mol. The number of nitrogens with zero attached hydrogens (tertiary/aromatic N) is 1. The number of carbonyl (C=O) groups excluding carboxylic acids is 1. The number of amides is 1. The topological polar surface area (TPSA) is 46.3 Å². The van der Waals surface area contributed by atoms with E-state index in [1.54, 1.807) is 0 Å². The van der Waals surface area contributed by atoms with Crippen molar-refractivity contribution in [1.29, 1.82) is 0 Å². The normalized spacial score (nSPS) is 35.8. The van der Waals surface area contributed by atoms with Gasteiger partial charge in [-0.25, -0.2) is 0 Å². The Morgan fingerprint density at radius 3 is 2.37 bits per heavy atom. The van der Waals surface area contributed by atoms with E-state index in [2.05, 4.69) is 27.7 Å². The van der Waals surface area contributed by atoms with Crippen molar-refractivity contribution in [2.45, 2.75) is 65.5 Å². The molecule has 2 rings (SSSR count). The van der Waals surface area contributed by atoms with Gasteiger partial charge in [-0.1, -0.05) is 20.8 Å². The molecule has 2 fully saturated rings. The average molecular weight is 266 g/mol. The van der Waals surface area contributed by atoms with Crippen LogP contribution >= 0.6 is 0 Å². The molecule has 0 bridgehead atoms. The predicted octanol–water partition coefficient (Wildman–Crippen LogP) is 2.64. The average Bonchev–Trinajstić information content (AvgIpc) is 3.18. The van der Waals surface area contributed by atoms with E-state index in [1.807, 2.05) is 11.9 Å². The Labute approximate surface area is 117 Å². The van der Waals surface area contributed by atoms with Gasteiger partial charge in [-0.15, -0.1) is 0 Å². The highest BCUT2D eigenvalue weighted by atomic mass is 16.2. The molecule has 0 aromatic heterocycles. The minimum Gasteiger partial charge on any atom is -0.343 e. The molecular formula is C16H30N2O. The molecule has 0 radical (unpaired) electrons. The van der Waals surface area contributed by atoms with Crippen LogP contribution in [0.25, 0.3) is 0 Å². The summed E-state index contributed by atoms with van der Waals surface area (Å²) in [5.41, 5.74) is 6.19. The molecule has 0 saturated heterocycles. The summed E-state index contributed by atoms with van der Waals surface area (Å²) in [5, 5.41) is 0. The van der Waals surface area contributed by atoms with Gasteiger partial charge in [0, 0.05) is 25.0 Å². The molecule has 2 aliphatic carbocycles. The molecule has 3 nitrogen and oxygen atoms in total. The molecule has 0 aromatic rings. The summed E-state index contributed by atoms with van der Waals surface area (Å²) in [4.78, 5) is 14.8. The van der Waals surface area contributed by atoms with E-state index in [9.17, 15) is 4.79 Å². The molecule has 0 spiro atoms. The smallest absolute Gasteiger partial charge is 0.226 e. The van der Waals surface area contributed by atoms with E-state index in [4.69, 9.17) is 5.73 Å². The van der Waals surface area contributed by atoms with Gasteiger partial charge in [0.15, 0.2) is 0 Å².